The van der Waals surface area contributed by atoms with Crippen LogP contribution in [0.25, 0.3) is 0 Å². The van der Waals surface area contributed by atoms with Crippen molar-refractivity contribution in [2.75, 3.05) is 20.8 Å². The molecule has 1 aromatic heterocycles. The Morgan fingerprint density at radius 2 is 1.52 bits per heavy atom. The van der Waals surface area contributed by atoms with Gasteiger partial charge in [-0.05, 0) is 35.7 Å². The summed E-state index contributed by atoms with van der Waals surface area (Å²) < 4.78 is 20.0. The van der Waals surface area contributed by atoms with E-state index in [2.05, 4.69) is 10.1 Å². The van der Waals surface area contributed by atoms with Gasteiger partial charge in [0.25, 0.3) is 5.56 Å². The lowest BCUT2D eigenvalue weighted by molar-refractivity contribution is -0.0678. The van der Waals surface area contributed by atoms with Gasteiger partial charge in [-0.25, -0.2) is 4.79 Å². The highest BCUT2D eigenvalue weighted by atomic mass is 16.6. The van der Waals surface area contributed by atoms with E-state index < -0.39 is 29.2 Å². The zero-order valence-electron chi connectivity index (χ0n) is 22.6. The number of aryl methyl sites for hydroxylation is 1. The van der Waals surface area contributed by atoms with Crippen molar-refractivity contribution in [3.05, 3.63) is 134 Å². The van der Waals surface area contributed by atoms with Crippen LogP contribution in [0.3, 0.4) is 0 Å². The Bertz CT molecular complexity index is 1540. The Kier molecular flexibility index (Phi) is 7.95. The van der Waals surface area contributed by atoms with Crippen molar-refractivity contribution >= 4 is 5.71 Å². The Labute approximate surface area is 231 Å². The molecule has 2 heterocycles. The Morgan fingerprint density at radius 3 is 2.10 bits per heavy atom. The Hall–Kier alpha value is -4.47. The first-order valence-corrected chi connectivity index (χ1v) is 12.9. The van der Waals surface area contributed by atoms with Crippen molar-refractivity contribution in [3.63, 3.8) is 0 Å². The number of nitrogens with zero attached hydrogens (tertiary/aromatic N) is 2. The SMILES string of the molecule is CO/N=C1/C[C@H](n2cc(C)c(=O)[nH]c2=O)O[C@@H]1COC(c1ccccc1)(c1ccccc1)c1ccc(OC)cc1. The third-order valence-corrected chi connectivity index (χ3v) is 7.05. The van der Waals surface area contributed by atoms with Gasteiger partial charge < -0.3 is 19.0 Å². The van der Waals surface area contributed by atoms with Crippen LogP contribution in [-0.2, 0) is 19.9 Å². The molecular weight excluding hydrogens is 510 g/mol. The van der Waals surface area contributed by atoms with Crippen LogP contribution in [0.15, 0.2) is 106 Å². The van der Waals surface area contributed by atoms with E-state index in [1.807, 2.05) is 84.9 Å². The zero-order valence-corrected chi connectivity index (χ0v) is 22.6. The molecule has 1 fully saturated rings. The molecule has 0 aliphatic carbocycles. The molecule has 4 aromatic rings. The number of hydrogen-bond donors (Lipinski definition) is 1. The van der Waals surface area contributed by atoms with Gasteiger partial charge in [0, 0.05) is 18.2 Å². The van der Waals surface area contributed by atoms with Crippen LogP contribution in [-0.4, -0.2) is 42.2 Å². The maximum Gasteiger partial charge on any atom is 0.330 e. The molecular formula is C31H31N3O6. The second kappa shape index (κ2) is 11.7. The average Bonchev–Trinajstić information content (AvgIpc) is 3.39. The van der Waals surface area contributed by atoms with Gasteiger partial charge in [-0.1, -0.05) is 78.0 Å². The van der Waals surface area contributed by atoms with Crippen molar-refractivity contribution in [1.29, 1.82) is 0 Å². The maximum absolute atomic E-state index is 12.6. The van der Waals surface area contributed by atoms with Crippen molar-refractivity contribution in [2.24, 2.45) is 5.16 Å². The van der Waals surface area contributed by atoms with Crippen molar-refractivity contribution in [3.8, 4) is 5.75 Å². The summed E-state index contributed by atoms with van der Waals surface area (Å²) in [5.74, 6) is 0.733. The van der Waals surface area contributed by atoms with Gasteiger partial charge in [0.2, 0.25) is 0 Å². The van der Waals surface area contributed by atoms with Gasteiger partial charge in [-0.15, -0.1) is 0 Å². The highest BCUT2D eigenvalue weighted by Crippen LogP contribution is 2.42. The Balaban J connectivity index is 1.56. The van der Waals surface area contributed by atoms with Gasteiger partial charge >= 0.3 is 5.69 Å². The molecule has 5 rings (SSSR count). The largest absolute Gasteiger partial charge is 0.497 e. The predicted molar refractivity (Wildman–Crippen MR) is 151 cm³/mol. The van der Waals surface area contributed by atoms with E-state index in [4.69, 9.17) is 19.0 Å². The number of hydrogen-bond acceptors (Lipinski definition) is 7. The van der Waals surface area contributed by atoms with Crippen LogP contribution in [0.5, 0.6) is 5.75 Å². The summed E-state index contributed by atoms with van der Waals surface area (Å²) in [5.41, 5.74) is 1.77. The molecule has 1 saturated heterocycles. The fourth-order valence-electron chi connectivity index (χ4n) is 5.06. The number of aromatic nitrogens is 2. The van der Waals surface area contributed by atoms with E-state index >= 15 is 0 Å². The minimum absolute atomic E-state index is 0.103. The Morgan fingerprint density at radius 1 is 0.925 bits per heavy atom. The number of rotatable bonds is 9. The normalized spacial score (nSPS) is 18.1. The first-order chi connectivity index (χ1) is 19.5. The molecule has 0 bridgehead atoms. The van der Waals surface area contributed by atoms with Crippen LogP contribution in [0.2, 0.25) is 0 Å². The van der Waals surface area contributed by atoms with Crippen molar-refractivity contribution < 1.29 is 19.0 Å². The van der Waals surface area contributed by atoms with Gasteiger partial charge in [-0.3, -0.25) is 14.3 Å². The summed E-state index contributed by atoms with van der Waals surface area (Å²) in [6, 6.07) is 27.7. The molecule has 3 aromatic carbocycles. The summed E-state index contributed by atoms with van der Waals surface area (Å²) in [6.07, 6.45) is 0.484. The van der Waals surface area contributed by atoms with Crippen LogP contribution < -0.4 is 16.0 Å². The van der Waals surface area contributed by atoms with E-state index in [-0.39, 0.29) is 6.61 Å². The molecule has 0 saturated carbocycles. The number of H-pyrrole nitrogens is 1. The zero-order chi connectivity index (χ0) is 28.1. The lowest BCUT2D eigenvalue weighted by Gasteiger charge is -2.36. The number of ether oxygens (including phenoxy) is 3. The minimum Gasteiger partial charge on any atom is -0.497 e. The van der Waals surface area contributed by atoms with Crippen molar-refractivity contribution in [1.82, 2.24) is 9.55 Å². The predicted octanol–water partition coefficient (Wildman–Crippen LogP) is 4.15. The number of nitrogens with one attached hydrogen (secondary N) is 1. The fraction of sp³-hybridized carbons (Fsp3) is 0.258. The molecule has 9 heteroatoms. The summed E-state index contributed by atoms with van der Waals surface area (Å²) in [4.78, 5) is 32.0. The molecule has 0 spiro atoms. The molecule has 40 heavy (non-hydrogen) atoms. The van der Waals surface area contributed by atoms with E-state index in [0.29, 0.717) is 17.7 Å². The smallest absolute Gasteiger partial charge is 0.330 e. The maximum atomic E-state index is 12.6. The number of benzene rings is 3. The monoisotopic (exact) mass is 541 g/mol. The van der Waals surface area contributed by atoms with E-state index in [1.54, 1.807) is 14.0 Å². The summed E-state index contributed by atoms with van der Waals surface area (Å²) in [5, 5.41) is 4.20. The second-order valence-corrected chi connectivity index (χ2v) is 9.48. The van der Waals surface area contributed by atoms with Crippen LogP contribution in [0, 0.1) is 6.92 Å². The first kappa shape index (κ1) is 27.1. The molecule has 0 radical (unpaired) electrons. The van der Waals surface area contributed by atoms with Crippen molar-refractivity contribution in [2.45, 2.75) is 31.3 Å². The van der Waals surface area contributed by atoms with Gasteiger partial charge in [0.05, 0.1) is 19.4 Å². The first-order valence-electron chi connectivity index (χ1n) is 12.9. The highest BCUT2D eigenvalue weighted by Gasteiger charge is 2.41. The lowest BCUT2D eigenvalue weighted by atomic mass is 9.80. The summed E-state index contributed by atoms with van der Waals surface area (Å²) >= 11 is 0. The molecule has 1 aliphatic rings. The van der Waals surface area contributed by atoms with Crippen LogP contribution in [0.4, 0.5) is 0 Å². The fourth-order valence-corrected chi connectivity index (χ4v) is 5.06. The molecule has 1 N–H and O–H groups in total. The summed E-state index contributed by atoms with van der Waals surface area (Å²) in [6.45, 7) is 1.74. The molecule has 1 aliphatic heterocycles. The molecule has 206 valence electrons. The van der Waals surface area contributed by atoms with E-state index in [1.165, 1.54) is 17.9 Å². The third-order valence-electron chi connectivity index (χ3n) is 7.05. The third kappa shape index (κ3) is 5.21. The standard InChI is InChI=1S/C31H31N3O6/c1-21-19-34(30(36)32-29(21)35)28-18-26(33-38-3)27(40-28)20-39-31(22-10-6-4-7-11-22,23-12-8-5-9-13-23)24-14-16-25(37-2)17-15-24/h4-17,19,27-28H,18,20H2,1-3H3,(H,32,35,36)/b33-26-/t27-,28-/m1/s1. The van der Waals surface area contributed by atoms with E-state index in [0.717, 1.165) is 22.4 Å². The minimum atomic E-state index is -1.00. The second-order valence-electron chi connectivity index (χ2n) is 9.48. The van der Waals surface area contributed by atoms with Gasteiger partial charge in [0.1, 0.15) is 30.8 Å². The van der Waals surface area contributed by atoms with Crippen LogP contribution in [0.1, 0.15) is 34.9 Å². The quantitative estimate of drug-likeness (QED) is 0.252. The lowest BCUT2D eigenvalue weighted by Crippen LogP contribution is -2.37. The molecule has 2 atom stereocenters. The highest BCUT2D eigenvalue weighted by molar-refractivity contribution is 5.90. The van der Waals surface area contributed by atoms with Gasteiger partial charge in [-0.2, -0.15) is 0 Å². The van der Waals surface area contributed by atoms with Crippen LogP contribution >= 0.6 is 0 Å². The van der Waals surface area contributed by atoms with Gasteiger partial charge in [0.15, 0.2) is 0 Å². The molecule has 9 nitrogen and oxygen atoms in total. The number of methoxy groups -OCH3 is 1. The number of aromatic amines is 1. The summed E-state index contributed by atoms with van der Waals surface area (Å²) in [7, 11) is 3.09. The van der Waals surface area contributed by atoms with E-state index in [9.17, 15) is 9.59 Å². The number of oxime groups is 1. The average molecular weight is 542 g/mol. The topological polar surface area (TPSA) is 104 Å². The molecule has 0 unspecified atom stereocenters. The molecule has 0 amide bonds.